The largest absolute Gasteiger partial charge is 0.573 e. The zero-order valence-corrected chi connectivity index (χ0v) is 15.5. The van der Waals surface area contributed by atoms with Crippen molar-refractivity contribution in [2.45, 2.75) is 49.7 Å². The number of carbonyl (C=O) groups is 1. The summed E-state index contributed by atoms with van der Waals surface area (Å²) in [5.41, 5.74) is 1.58. The first-order chi connectivity index (χ1) is 13.8. The van der Waals surface area contributed by atoms with Crippen LogP contribution in [-0.2, 0) is 9.53 Å². The first-order valence-corrected chi connectivity index (χ1v) is 9.65. The summed E-state index contributed by atoms with van der Waals surface area (Å²) < 4.78 is 46.6. The number of benzene rings is 1. The quantitative estimate of drug-likeness (QED) is 0.531. The van der Waals surface area contributed by atoms with Gasteiger partial charge in [0.1, 0.15) is 5.75 Å². The molecule has 29 heavy (non-hydrogen) atoms. The Morgan fingerprint density at radius 1 is 1.17 bits per heavy atom. The number of piperidine rings is 1. The number of fused-ring (bicyclic) bond motifs is 3. The molecule has 4 aliphatic rings. The molecule has 2 saturated heterocycles. The summed E-state index contributed by atoms with van der Waals surface area (Å²) in [6, 6.07) is 5.81. The normalized spacial score (nSPS) is 30.4. The summed E-state index contributed by atoms with van der Waals surface area (Å²) in [5, 5.41) is 0. The Bertz CT molecular complexity index is 983. The van der Waals surface area contributed by atoms with Gasteiger partial charge in [-0.2, -0.15) is 0 Å². The average molecular weight is 401 g/mol. The van der Waals surface area contributed by atoms with Crippen LogP contribution in [0.3, 0.4) is 0 Å². The zero-order valence-electron chi connectivity index (χ0n) is 15.5. The van der Waals surface area contributed by atoms with E-state index < -0.39 is 12.0 Å². The van der Waals surface area contributed by atoms with E-state index in [0.29, 0.717) is 5.56 Å². The minimum atomic E-state index is -4.72. The SMILES string of the molecule is O=C1C=C2C(C#Cc3ccc(OC(F)(F)F)cc3)=C[C@@H]3C[C@@]2(O1)C1CCCCN13. The van der Waals surface area contributed by atoms with E-state index in [0.717, 1.165) is 43.4 Å². The van der Waals surface area contributed by atoms with Crippen LogP contribution >= 0.6 is 0 Å². The average Bonchev–Trinajstić information content (AvgIpc) is 3.15. The van der Waals surface area contributed by atoms with Crippen LogP contribution in [0, 0.1) is 11.8 Å². The molecule has 3 heterocycles. The highest BCUT2D eigenvalue weighted by molar-refractivity contribution is 5.90. The number of rotatable bonds is 1. The van der Waals surface area contributed by atoms with Crippen LogP contribution in [0.4, 0.5) is 13.2 Å². The van der Waals surface area contributed by atoms with Gasteiger partial charge in [0.25, 0.3) is 0 Å². The third-order valence-electron chi connectivity index (χ3n) is 6.10. The monoisotopic (exact) mass is 401 g/mol. The molecular formula is C22H18F3NO3. The molecule has 2 bridgehead atoms. The van der Waals surface area contributed by atoms with Crippen molar-refractivity contribution in [3.63, 3.8) is 0 Å². The number of nitrogens with zero attached hydrogens (tertiary/aromatic N) is 1. The molecule has 0 saturated carbocycles. The first kappa shape index (κ1) is 18.3. The van der Waals surface area contributed by atoms with Crippen molar-refractivity contribution < 1.29 is 27.4 Å². The van der Waals surface area contributed by atoms with E-state index in [-0.39, 0.29) is 23.8 Å². The minimum absolute atomic E-state index is 0.188. The van der Waals surface area contributed by atoms with Gasteiger partial charge in [-0.25, -0.2) is 4.79 Å². The molecule has 3 atom stereocenters. The Labute approximate surface area is 166 Å². The third-order valence-corrected chi connectivity index (χ3v) is 6.10. The highest BCUT2D eigenvalue weighted by atomic mass is 19.4. The summed E-state index contributed by atoms with van der Waals surface area (Å²) >= 11 is 0. The first-order valence-electron chi connectivity index (χ1n) is 9.65. The molecule has 0 aromatic heterocycles. The predicted octanol–water partition coefficient (Wildman–Crippen LogP) is 3.73. The molecule has 1 aromatic carbocycles. The maximum Gasteiger partial charge on any atom is 0.573 e. The van der Waals surface area contributed by atoms with E-state index in [9.17, 15) is 18.0 Å². The van der Waals surface area contributed by atoms with E-state index >= 15 is 0 Å². The fourth-order valence-electron chi connectivity index (χ4n) is 5.05. The molecule has 1 aromatic rings. The van der Waals surface area contributed by atoms with E-state index in [1.807, 2.05) is 0 Å². The van der Waals surface area contributed by atoms with Gasteiger partial charge >= 0.3 is 12.3 Å². The second kappa shape index (κ2) is 6.39. The molecule has 2 fully saturated rings. The van der Waals surface area contributed by atoms with Gasteiger partial charge < -0.3 is 9.47 Å². The van der Waals surface area contributed by atoms with Gasteiger partial charge in [-0.3, -0.25) is 4.90 Å². The van der Waals surface area contributed by atoms with Gasteiger partial charge in [0.05, 0.1) is 6.04 Å². The summed E-state index contributed by atoms with van der Waals surface area (Å²) in [4.78, 5) is 14.6. The molecule has 1 aliphatic carbocycles. The van der Waals surface area contributed by atoms with Gasteiger partial charge in [-0.05, 0) is 43.7 Å². The van der Waals surface area contributed by atoms with Crippen molar-refractivity contribution in [3.05, 3.63) is 53.1 Å². The summed E-state index contributed by atoms with van der Waals surface area (Å²) in [7, 11) is 0. The number of esters is 1. The highest BCUT2D eigenvalue weighted by Crippen LogP contribution is 2.53. The lowest BCUT2D eigenvalue weighted by atomic mass is 9.77. The van der Waals surface area contributed by atoms with Gasteiger partial charge in [0.15, 0.2) is 5.60 Å². The molecule has 0 amide bonds. The summed E-state index contributed by atoms with van der Waals surface area (Å²) in [6.45, 7) is 0.986. The van der Waals surface area contributed by atoms with E-state index in [1.54, 1.807) is 6.08 Å². The van der Waals surface area contributed by atoms with Crippen LogP contribution in [-0.4, -0.2) is 41.5 Å². The highest BCUT2D eigenvalue weighted by Gasteiger charge is 2.61. The zero-order chi connectivity index (χ0) is 20.2. The van der Waals surface area contributed by atoms with Gasteiger partial charge in [-0.15, -0.1) is 13.2 Å². The van der Waals surface area contributed by atoms with Crippen LogP contribution in [0.2, 0.25) is 0 Å². The number of halogens is 3. The Kier molecular flexibility index (Phi) is 4.04. The molecule has 4 nitrogen and oxygen atoms in total. The summed E-state index contributed by atoms with van der Waals surface area (Å²) in [6.07, 6.45) is 2.95. The molecule has 0 radical (unpaired) electrons. The van der Waals surface area contributed by atoms with Gasteiger partial charge in [0, 0.05) is 35.2 Å². The van der Waals surface area contributed by atoms with Crippen molar-refractivity contribution in [3.8, 4) is 17.6 Å². The molecule has 0 N–H and O–H groups in total. The fraction of sp³-hybridized carbons (Fsp3) is 0.409. The van der Waals surface area contributed by atoms with Crippen LogP contribution < -0.4 is 4.74 Å². The third kappa shape index (κ3) is 3.12. The van der Waals surface area contributed by atoms with E-state index in [2.05, 4.69) is 27.6 Å². The Balaban J connectivity index is 1.44. The lowest BCUT2D eigenvalue weighted by Gasteiger charge is -2.38. The maximum absolute atomic E-state index is 12.3. The number of carbonyl (C=O) groups excluding carboxylic acids is 1. The van der Waals surface area contributed by atoms with Crippen molar-refractivity contribution in [2.75, 3.05) is 6.54 Å². The van der Waals surface area contributed by atoms with E-state index in [1.165, 1.54) is 24.3 Å². The lowest BCUT2D eigenvalue weighted by Crippen LogP contribution is -2.48. The number of hydrogen-bond acceptors (Lipinski definition) is 4. The standard InChI is InChI=1S/C22H18F3NO3/c23-22(24,25)28-17-8-5-14(6-9-17)4-7-15-11-16-13-21(18(15)12-20(27)29-21)19-3-1-2-10-26(16)19/h5-6,8-9,11-12,16,19H,1-3,10,13H2/t16-,19?,21+/m1/s1. The van der Waals surface area contributed by atoms with Crippen LogP contribution in [0.15, 0.2) is 47.6 Å². The van der Waals surface area contributed by atoms with Crippen molar-refractivity contribution in [1.82, 2.24) is 4.90 Å². The molecule has 1 spiro atoms. The van der Waals surface area contributed by atoms with Crippen LogP contribution in [0.1, 0.15) is 31.2 Å². The lowest BCUT2D eigenvalue weighted by molar-refractivity contribution is -0.274. The topological polar surface area (TPSA) is 38.8 Å². The smallest absolute Gasteiger partial charge is 0.449 e. The Morgan fingerprint density at radius 2 is 1.97 bits per heavy atom. The second-order valence-electron chi connectivity index (χ2n) is 7.79. The van der Waals surface area contributed by atoms with E-state index in [4.69, 9.17) is 4.74 Å². The maximum atomic E-state index is 12.3. The molecule has 5 rings (SSSR count). The Hall–Kier alpha value is -2.72. The Morgan fingerprint density at radius 3 is 2.72 bits per heavy atom. The molecule has 150 valence electrons. The molecular weight excluding hydrogens is 383 g/mol. The van der Waals surface area contributed by atoms with Crippen molar-refractivity contribution in [2.24, 2.45) is 0 Å². The van der Waals surface area contributed by atoms with Gasteiger partial charge in [0.2, 0.25) is 0 Å². The van der Waals surface area contributed by atoms with Crippen LogP contribution in [0.5, 0.6) is 5.75 Å². The van der Waals surface area contributed by atoms with Crippen molar-refractivity contribution in [1.29, 1.82) is 0 Å². The number of hydrogen-bond donors (Lipinski definition) is 0. The van der Waals surface area contributed by atoms with Crippen molar-refractivity contribution >= 4 is 5.97 Å². The fourth-order valence-corrected chi connectivity index (χ4v) is 5.05. The summed E-state index contributed by atoms with van der Waals surface area (Å²) in [5.74, 6) is 5.51. The second-order valence-corrected chi connectivity index (χ2v) is 7.79. The van der Waals surface area contributed by atoms with Gasteiger partial charge in [-0.1, -0.05) is 24.3 Å². The molecule has 7 heteroatoms. The number of ether oxygens (including phenoxy) is 2. The minimum Gasteiger partial charge on any atom is -0.449 e. The number of alkyl halides is 3. The molecule has 3 aliphatic heterocycles. The molecule has 1 unspecified atom stereocenters. The predicted molar refractivity (Wildman–Crippen MR) is 97.7 cm³/mol. The van der Waals surface area contributed by atoms with Crippen LogP contribution in [0.25, 0.3) is 0 Å².